The number of carbonyl (C=O) groups excluding carboxylic acids is 1. The Morgan fingerprint density at radius 3 is 2.52 bits per heavy atom. The van der Waals surface area contributed by atoms with Gasteiger partial charge >= 0.3 is 5.97 Å². The van der Waals surface area contributed by atoms with Gasteiger partial charge in [-0.2, -0.15) is 0 Å². The van der Waals surface area contributed by atoms with Gasteiger partial charge in [0.2, 0.25) is 0 Å². The fraction of sp³-hybridized carbons (Fsp3) is 0.800. The van der Waals surface area contributed by atoms with E-state index >= 15 is 0 Å². The highest BCUT2D eigenvalue weighted by Crippen LogP contribution is 2.13. The summed E-state index contributed by atoms with van der Waals surface area (Å²) in [5.74, 6) is 0.514. The van der Waals surface area contributed by atoms with Gasteiger partial charge in [-0.25, -0.2) is 9.48 Å². The zero-order valence-electron chi connectivity index (χ0n) is 13.8. The lowest BCUT2D eigenvalue weighted by atomic mass is 10.1. The third kappa shape index (κ3) is 5.83. The molecule has 0 saturated heterocycles. The predicted octanol–water partition coefficient (Wildman–Crippen LogP) is 2.33. The summed E-state index contributed by atoms with van der Waals surface area (Å²) in [5, 5.41) is 8.06. The van der Waals surface area contributed by atoms with E-state index in [2.05, 4.69) is 38.0 Å². The molecule has 21 heavy (non-hydrogen) atoms. The Morgan fingerprint density at radius 2 is 1.95 bits per heavy atom. The normalized spacial score (nSPS) is 11.4. The maximum atomic E-state index is 11.9. The average Bonchev–Trinajstić information content (AvgIpc) is 2.77. The van der Waals surface area contributed by atoms with E-state index in [1.165, 1.54) is 0 Å². The van der Waals surface area contributed by atoms with Crippen LogP contribution in [0.3, 0.4) is 0 Å². The first-order valence-corrected chi connectivity index (χ1v) is 7.62. The summed E-state index contributed by atoms with van der Waals surface area (Å²) >= 11 is 0. The first-order valence-electron chi connectivity index (χ1n) is 7.62. The molecule has 6 heteroatoms. The summed E-state index contributed by atoms with van der Waals surface area (Å²) in [6.45, 7) is 12.4. The standard InChI is InChI=1S/C15H27N3O3/c1-6-21-15(19)14-13(9-11(2)3)18(17-16-14)7-8-20-10-12(4)5/h11-12H,6-10H2,1-5H3. The van der Waals surface area contributed by atoms with Gasteiger partial charge in [0.05, 0.1) is 25.5 Å². The summed E-state index contributed by atoms with van der Waals surface area (Å²) in [6.07, 6.45) is 0.741. The van der Waals surface area contributed by atoms with E-state index < -0.39 is 5.97 Å². The van der Waals surface area contributed by atoms with Crippen LogP contribution in [0.15, 0.2) is 0 Å². The molecule has 0 atom stereocenters. The Balaban J connectivity index is 2.75. The van der Waals surface area contributed by atoms with Gasteiger partial charge in [-0.1, -0.05) is 32.9 Å². The smallest absolute Gasteiger partial charge is 0.360 e. The first kappa shape index (κ1) is 17.6. The molecule has 0 unspecified atom stereocenters. The molecule has 0 aromatic carbocycles. The fourth-order valence-electron chi connectivity index (χ4n) is 1.93. The predicted molar refractivity (Wildman–Crippen MR) is 80.2 cm³/mol. The van der Waals surface area contributed by atoms with Crippen LogP contribution in [-0.2, 0) is 22.4 Å². The van der Waals surface area contributed by atoms with E-state index in [0.717, 1.165) is 18.7 Å². The molecule has 0 amide bonds. The summed E-state index contributed by atoms with van der Waals surface area (Å²) in [6, 6.07) is 0. The highest BCUT2D eigenvalue weighted by Gasteiger charge is 2.21. The maximum Gasteiger partial charge on any atom is 0.360 e. The minimum Gasteiger partial charge on any atom is -0.461 e. The van der Waals surface area contributed by atoms with Gasteiger partial charge in [-0.05, 0) is 25.2 Å². The van der Waals surface area contributed by atoms with E-state index in [9.17, 15) is 4.79 Å². The average molecular weight is 297 g/mol. The summed E-state index contributed by atoms with van der Waals surface area (Å²) in [5.41, 5.74) is 1.16. The molecule has 1 rings (SSSR count). The summed E-state index contributed by atoms with van der Waals surface area (Å²) < 4.78 is 12.4. The van der Waals surface area contributed by atoms with Crippen molar-refractivity contribution in [3.05, 3.63) is 11.4 Å². The summed E-state index contributed by atoms with van der Waals surface area (Å²) in [7, 11) is 0. The maximum absolute atomic E-state index is 11.9. The highest BCUT2D eigenvalue weighted by atomic mass is 16.5. The molecule has 0 aliphatic heterocycles. The second-order valence-electron chi connectivity index (χ2n) is 5.90. The lowest BCUT2D eigenvalue weighted by Gasteiger charge is -2.11. The zero-order valence-corrected chi connectivity index (χ0v) is 13.8. The second kappa shape index (κ2) is 8.77. The van der Waals surface area contributed by atoms with Crippen molar-refractivity contribution in [2.75, 3.05) is 19.8 Å². The molecule has 1 aromatic rings. The van der Waals surface area contributed by atoms with Crippen LogP contribution in [-0.4, -0.2) is 40.8 Å². The largest absolute Gasteiger partial charge is 0.461 e. The van der Waals surface area contributed by atoms with Crippen LogP contribution in [0.1, 0.15) is 50.8 Å². The van der Waals surface area contributed by atoms with Crippen LogP contribution in [0.4, 0.5) is 0 Å². The monoisotopic (exact) mass is 297 g/mol. The number of hydrogen-bond acceptors (Lipinski definition) is 5. The van der Waals surface area contributed by atoms with Crippen molar-refractivity contribution in [2.45, 2.75) is 47.6 Å². The molecule has 0 bridgehead atoms. The van der Waals surface area contributed by atoms with Crippen molar-refractivity contribution in [1.82, 2.24) is 15.0 Å². The molecule has 6 nitrogen and oxygen atoms in total. The number of aromatic nitrogens is 3. The van der Waals surface area contributed by atoms with Crippen LogP contribution in [0.5, 0.6) is 0 Å². The van der Waals surface area contributed by atoms with Crippen LogP contribution in [0.25, 0.3) is 0 Å². The molecule has 120 valence electrons. The Bertz CT molecular complexity index is 441. The van der Waals surface area contributed by atoms with Crippen molar-refractivity contribution < 1.29 is 14.3 Å². The third-order valence-electron chi connectivity index (χ3n) is 2.81. The minimum atomic E-state index is -0.400. The van der Waals surface area contributed by atoms with Crippen molar-refractivity contribution in [3.63, 3.8) is 0 Å². The van der Waals surface area contributed by atoms with Crippen LogP contribution < -0.4 is 0 Å². The number of rotatable bonds is 9. The SMILES string of the molecule is CCOC(=O)c1nnn(CCOCC(C)C)c1CC(C)C. The van der Waals surface area contributed by atoms with Gasteiger partial charge in [0.25, 0.3) is 0 Å². The molecule has 0 aliphatic carbocycles. The highest BCUT2D eigenvalue weighted by molar-refractivity contribution is 5.88. The second-order valence-corrected chi connectivity index (χ2v) is 5.90. The van der Waals surface area contributed by atoms with Gasteiger partial charge in [-0.3, -0.25) is 0 Å². The molecule has 1 heterocycles. The molecular formula is C15H27N3O3. The van der Waals surface area contributed by atoms with E-state index in [1.54, 1.807) is 11.6 Å². The third-order valence-corrected chi connectivity index (χ3v) is 2.81. The Labute approximate surface area is 126 Å². The number of esters is 1. The van der Waals surface area contributed by atoms with Crippen molar-refractivity contribution in [2.24, 2.45) is 11.8 Å². The van der Waals surface area contributed by atoms with E-state index in [-0.39, 0.29) is 0 Å². The van der Waals surface area contributed by atoms with Gasteiger partial charge in [0.15, 0.2) is 5.69 Å². The van der Waals surface area contributed by atoms with Crippen LogP contribution >= 0.6 is 0 Å². The lowest BCUT2D eigenvalue weighted by molar-refractivity contribution is 0.0517. The molecular weight excluding hydrogens is 270 g/mol. The Morgan fingerprint density at radius 1 is 1.24 bits per heavy atom. The van der Waals surface area contributed by atoms with Crippen molar-refractivity contribution >= 4 is 5.97 Å². The number of ether oxygens (including phenoxy) is 2. The van der Waals surface area contributed by atoms with E-state index in [1.807, 2.05) is 0 Å². The van der Waals surface area contributed by atoms with Crippen LogP contribution in [0.2, 0.25) is 0 Å². The van der Waals surface area contributed by atoms with Crippen molar-refractivity contribution in [1.29, 1.82) is 0 Å². The Hall–Kier alpha value is -1.43. The lowest BCUT2D eigenvalue weighted by Crippen LogP contribution is -2.16. The molecule has 0 saturated carbocycles. The summed E-state index contributed by atoms with van der Waals surface area (Å²) in [4.78, 5) is 11.9. The number of carbonyl (C=O) groups is 1. The quantitative estimate of drug-likeness (QED) is 0.517. The molecule has 1 aromatic heterocycles. The zero-order chi connectivity index (χ0) is 15.8. The minimum absolute atomic E-state index is 0.328. The van der Waals surface area contributed by atoms with Gasteiger partial charge in [-0.15, -0.1) is 5.10 Å². The van der Waals surface area contributed by atoms with Crippen molar-refractivity contribution in [3.8, 4) is 0 Å². The number of nitrogens with zero attached hydrogens (tertiary/aromatic N) is 3. The molecule has 0 aliphatic rings. The fourth-order valence-corrected chi connectivity index (χ4v) is 1.93. The topological polar surface area (TPSA) is 66.2 Å². The Kier molecular flexibility index (Phi) is 7.36. The van der Waals surface area contributed by atoms with Gasteiger partial charge in [0.1, 0.15) is 0 Å². The van der Waals surface area contributed by atoms with Gasteiger partial charge < -0.3 is 9.47 Å². The van der Waals surface area contributed by atoms with E-state index in [4.69, 9.17) is 9.47 Å². The molecule has 0 N–H and O–H groups in total. The first-order chi connectivity index (χ1) is 9.95. The molecule has 0 spiro atoms. The molecule has 0 fully saturated rings. The van der Waals surface area contributed by atoms with E-state index in [0.29, 0.717) is 37.3 Å². The van der Waals surface area contributed by atoms with Gasteiger partial charge in [0, 0.05) is 6.61 Å². The number of hydrogen-bond donors (Lipinski definition) is 0. The van der Waals surface area contributed by atoms with Crippen LogP contribution in [0, 0.1) is 11.8 Å². The molecule has 0 radical (unpaired) electrons.